The molecule has 92 valence electrons. The van der Waals surface area contributed by atoms with E-state index in [-0.39, 0.29) is 6.04 Å². The summed E-state index contributed by atoms with van der Waals surface area (Å²) in [4.78, 5) is 1.95. The molecule has 0 unspecified atom stereocenters. The molecule has 4 heteroatoms. The van der Waals surface area contributed by atoms with Crippen LogP contribution in [0.2, 0.25) is 0 Å². The number of nitriles is 1. The third-order valence-corrected chi connectivity index (χ3v) is 4.44. The van der Waals surface area contributed by atoms with Gasteiger partial charge in [0.05, 0.1) is 0 Å². The summed E-state index contributed by atoms with van der Waals surface area (Å²) in [5, 5.41) is 12.2. The van der Waals surface area contributed by atoms with E-state index in [1.165, 1.54) is 21.8 Å². The van der Waals surface area contributed by atoms with E-state index in [9.17, 15) is 0 Å². The lowest BCUT2D eigenvalue weighted by molar-refractivity contribution is 0.577. The molecule has 2 rings (SSSR count). The van der Waals surface area contributed by atoms with E-state index in [1.807, 2.05) is 30.3 Å². The first-order valence-corrected chi connectivity index (χ1v) is 7.28. The van der Waals surface area contributed by atoms with Crippen LogP contribution in [0.25, 0.3) is 0 Å². The van der Waals surface area contributed by atoms with E-state index in [0.717, 1.165) is 15.9 Å². The first kappa shape index (κ1) is 13.3. The summed E-state index contributed by atoms with van der Waals surface area (Å²) in [5.74, 6) is 0. The topological polar surface area (TPSA) is 35.8 Å². The highest BCUT2D eigenvalue weighted by Crippen LogP contribution is 2.23. The molecule has 1 atom stereocenters. The summed E-state index contributed by atoms with van der Waals surface area (Å²) < 4.78 is 1.12. The van der Waals surface area contributed by atoms with Crippen LogP contribution in [0.15, 0.2) is 40.9 Å². The van der Waals surface area contributed by atoms with Gasteiger partial charge in [0.2, 0.25) is 0 Å². The van der Waals surface area contributed by atoms with Crippen LogP contribution in [0.4, 0.5) is 0 Å². The first-order valence-electron chi connectivity index (χ1n) is 5.67. The van der Waals surface area contributed by atoms with E-state index in [1.54, 1.807) is 0 Å². The maximum atomic E-state index is 8.78. The highest BCUT2D eigenvalue weighted by Gasteiger charge is 2.08. The molecule has 0 saturated heterocycles. The Kier molecular flexibility index (Phi) is 4.54. The smallest absolute Gasteiger partial charge is 0.110 e. The van der Waals surface area contributed by atoms with Crippen molar-refractivity contribution in [1.82, 2.24) is 5.32 Å². The van der Waals surface area contributed by atoms with Crippen molar-refractivity contribution < 1.29 is 0 Å². The molecule has 18 heavy (non-hydrogen) atoms. The van der Waals surface area contributed by atoms with Crippen molar-refractivity contribution in [1.29, 1.82) is 5.26 Å². The van der Waals surface area contributed by atoms with Gasteiger partial charge in [-0.2, -0.15) is 5.26 Å². The number of benzene rings is 1. The van der Waals surface area contributed by atoms with Crippen LogP contribution in [0.3, 0.4) is 0 Å². The minimum Gasteiger partial charge on any atom is -0.305 e. The lowest BCUT2D eigenvalue weighted by Crippen LogP contribution is -2.17. The van der Waals surface area contributed by atoms with Crippen LogP contribution in [-0.4, -0.2) is 0 Å². The Morgan fingerprint density at radius 2 is 2.11 bits per heavy atom. The molecule has 0 spiro atoms. The Hall–Kier alpha value is -1.15. The van der Waals surface area contributed by atoms with Crippen molar-refractivity contribution in [3.05, 3.63) is 56.2 Å². The molecule has 2 nitrogen and oxygen atoms in total. The Morgan fingerprint density at radius 3 is 2.78 bits per heavy atom. The highest BCUT2D eigenvalue weighted by molar-refractivity contribution is 9.10. The molecular weight excluding hydrogens is 308 g/mol. The molecule has 0 aliphatic carbocycles. The molecule has 1 N–H and O–H groups in total. The van der Waals surface area contributed by atoms with Gasteiger partial charge in [0.1, 0.15) is 10.9 Å². The number of halogens is 1. The molecule has 0 aliphatic heterocycles. The fraction of sp³-hybridized carbons (Fsp3) is 0.214. The molecule has 0 bridgehead atoms. The zero-order chi connectivity index (χ0) is 13.0. The Bertz CT molecular complexity index is 571. The van der Waals surface area contributed by atoms with Gasteiger partial charge in [-0.25, -0.2) is 0 Å². The minimum absolute atomic E-state index is 0.271. The fourth-order valence-corrected chi connectivity index (χ4v) is 3.11. The van der Waals surface area contributed by atoms with Crippen molar-refractivity contribution in [2.75, 3.05) is 0 Å². The third kappa shape index (κ3) is 3.20. The summed E-state index contributed by atoms with van der Waals surface area (Å²) in [6, 6.07) is 14.5. The first-order chi connectivity index (χ1) is 8.70. The highest BCUT2D eigenvalue weighted by atomic mass is 79.9. The minimum atomic E-state index is 0.271. The molecule has 0 saturated carbocycles. The molecule has 1 aromatic carbocycles. The third-order valence-electron chi connectivity index (χ3n) is 2.73. The van der Waals surface area contributed by atoms with Gasteiger partial charge in [-0.15, -0.1) is 11.3 Å². The molecular formula is C14H13BrN2S. The standard InChI is InChI=1S/C14H13BrN2S/c1-10(13-4-2-3-5-14(13)15)17-9-12-7-6-11(8-16)18-12/h2-7,10,17H,9H2,1H3/t10-/m0/s1. The largest absolute Gasteiger partial charge is 0.305 e. The van der Waals surface area contributed by atoms with Crippen LogP contribution >= 0.6 is 27.3 Å². The van der Waals surface area contributed by atoms with Gasteiger partial charge >= 0.3 is 0 Å². The summed E-state index contributed by atoms with van der Waals surface area (Å²) in [7, 11) is 0. The summed E-state index contributed by atoms with van der Waals surface area (Å²) in [6.45, 7) is 2.92. The number of nitrogens with one attached hydrogen (secondary N) is 1. The van der Waals surface area contributed by atoms with E-state index in [4.69, 9.17) is 5.26 Å². The predicted octanol–water partition coefficient (Wildman–Crippen LogP) is 4.23. The Morgan fingerprint density at radius 1 is 1.33 bits per heavy atom. The maximum absolute atomic E-state index is 8.78. The predicted molar refractivity (Wildman–Crippen MR) is 78.4 cm³/mol. The maximum Gasteiger partial charge on any atom is 0.110 e. The number of hydrogen-bond donors (Lipinski definition) is 1. The summed E-state index contributed by atoms with van der Waals surface area (Å²) >= 11 is 5.10. The van der Waals surface area contributed by atoms with Gasteiger partial charge in [0.15, 0.2) is 0 Å². The fourth-order valence-electron chi connectivity index (χ4n) is 1.72. The molecule has 1 aromatic heterocycles. The lowest BCUT2D eigenvalue weighted by Gasteiger charge is -2.15. The molecule has 0 amide bonds. The van der Waals surface area contributed by atoms with E-state index >= 15 is 0 Å². The van der Waals surface area contributed by atoms with Gasteiger partial charge in [0, 0.05) is 21.9 Å². The molecule has 2 aromatic rings. The molecule has 0 fully saturated rings. The zero-order valence-corrected chi connectivity index (χ0v) is 12.4. The molecule has 1 heterocycles. The van der Waals surface area contributed by atoms with Gasteiger partial charge < -0.3 is 5.32 Å². The second-order valence-electron chi connectivity index (χ2n) is 4.00. The molecule has 0 radical (unpaired) electrons. The average molecular weight is 321 g/mol. The van der Waals surface area contributed by atoms with Gasteiger partial charge in [-0.3, -0.25) is 0 Å². The van der Waals surface area contributed by atoms with Crippen LogP contribution in [0.1, 0.15) is 28.3 Å². The number of nitrogens with zero attached hydrogens (tertiary/aromatic N) is 1. The van der Waals surface area contributed by atoms with Crippen molar-refractivity contribution >= 4 is 27.3 Å². The summed E-state index contributed by atoms with van der Waals surface area (Å²) in [6.07, 6.45) is 0. The van der Waals surface area contributed by atoms with Crippen LogP contribution in [0.5, 0.6) is 0 Å². The van der Waals surface area contributed by atoms with Crippen LogP contribution in [0, 0.1) is 11.3 Å². The number of thiophene rings is 1. The SMILES string of the molecule is C[C@H](NCc1ccc(C#N)s1)c1ccccc1Br. The molecule has 0 aliphatic rings. The van der Waals surface area contributed by atoms with Crippen LogP contribution < -0.4 is 5.32 Å². The van der Waals surface area contributed by atoms with Crippen molar-refractivity contribution in [3.63, 3.8) is 0 Å². The number of rotatable bonds is 4. The van der Waals surface area contributed by atoms with E-state index < -0.39 is 0 Å². The Balaban J connectivity index is 1.98. The normalized spacial score (nSPS) is 12.1. The summed E-state index contributed by atoms with van der Waals surface area (Å²) in [5.41, 5.74) is 1.24. The average Bonchev–Trinajstić information content (AvgIpc) is 2.84. The quantitative estimate of drug-likeness (QED) is 0.914. The van der Waals surface area contributed by atoms with Crippen molar-refractivity contribution in [2.45, 2.75) is 19.5 Å². The van der Waals surface area contributed by atoms with E-state index in [2.05, 4.69) is 40.3 Å². The Labute approximate surface area is 119 Å². The van der Waals surface area contributed by atoms with Gasteiger partial charge in [0.25, 0.3) is 0 Å². The lowest BCUT2D eigenvalue weighted by atomic mass is 10.1. The zero-order valence-electron chi connectivity index (χ0n) is 9.98. The number of hydrogen-bond acceptors (Lipinski definition) is 3. The van der Waals surface area contributed by atoms with E-state index in [0.29, 0.717) is 0 Å². The van der Waals surface area contributed by atoms with Crippen molar-refractivity contribution in [3.8, 4) is 6.07 Å². The monoisotopic (exact) mass is 320 g/mol. The van der Waals surface area contributed by atoms with Gasteiger partial charge in [-0.05, 0) is 30.7 Å². The second kappa shape index (κ2) is 6.14. The van der Waals surface area contributed by atoms with Crippen LogP contribution in [-0.2, 0) is 6.54 Å². The second-order valence-corrected chi connectivity index (χ2v) is 6.02. The van der Waals surface area contributed by atoms with Crippen molar-refractivity contribution in [2.24, 2.45) is 0 Å². The van der Waals surface area contributed by atoms with Gasteiger partial charge in [-0.1, -0.05) is 34.1 Å².